The van der Waals surface area contributed by atoms with Crippen LogP contribution in [0.5, 0.6) is 0 Å². The van der Waals surface area contributed by atoms with Crippen molar-refractivity contribution in [3.8, 4) is 0 Å². The Bertz CT molecular complexity index is 845. The summed E-state index contributed by atoms with van der Waals surface area (Å²) < 4.78 is 15.8. The molecule has 0 aliphatic rings. The van der Waals surface area contributed by atoms with Crippen LogP contribution in [0.25, 0.3) is 10.9 Å². The molecule has 0 spiro atoms. The molecule has 1 aromatic heterocycles. The quantitative estimate of drug-likeness (QED) is 0.516. The van der Waals surface area contributed by atoms with E-state index in [9.17, 15) is 14.5 Å². The summed E-state index contributed by atoms with van der Waals surface area (Å²) in [5, 5.41) is 11.6. The zero-order valence-corrected chi connectivity index (χ0v) is 12.4. The third kappa shape index (κ3) is 2.67. The molecule has 2 aromatic carbocycles. The minimum atomic E-state index is -0.409. The molecule has 0 saturated heterocycles. The number of fused-ring (bicyclic) bond motifs is 1. The van der Waals surface area contributed by atoms with Crippen molar-refractivity contribution in [2.24, 2.45) is 0 Å². The molecular weight excluding hydrogens is 339 g/mol. The molecule has 21 heavy (non-hydrogen) atoms. The van der Waals surface area contributed by atoms with Gasteiger partial charge in [0.05, 0.1) is 4.92 Å². The van der Waals surface area contributed by atoms with Gasteiger partial charge in [-0.3, -0.25) is 10.1 Å². The van der Waals surface area contributed by atoms with Crippen molar-refractivity contribution < 1.29 is 9.31 Å². The first-order valence-corrected chi connectivity index (χ1v) is 7.01. The highest BCUT2D eigenvalue weighted by Crippen LogP contribution is 2.25. The SMILES string of the molecule is O=[N+]([O-])c1ccc2c(ccn2Cc2ccc(F)cc2Br)c1. The molecular formula is C15H10BrFN2O2. The number of aromatic nitrogens is 1. The summed E-state index contributed by atoms with van der Waals surface area (Å²) in [6.45, 7) is 0.558. The fourth-order valence-electron chi connectivity index (χ4n) is 2.27. The van der Waals surface area contributed by atoms with Gasteiger partial charge in [-0.1, -0.05) is 22.0 Å². The Balaban J connectivity index is 1.99. The maximum absolute atomic E-state index is 13.1. The number of benzene rings is 2. The molecule has 0 fully saturated rings. The van der Waals surface area contributed by atoms with Crippen molar-refractivity contribution in [2.45, 2.75) is 6.54 Å². The highest BCUT2D eigenvalue weighted by atomic mass is 79.9. The summed E-state index contributed by atoms with van der Waals surface area (Å²) in [5.41, 5.74) is 1.91. The van der Waals surface area contributed by atoms with Crippen molar-refractivity contribution in [3.63, 3.8) is 0 Å². The number of rotatable bonds is 3. The molecule has 0 radical (unpaired) electrons. The van der Waals surface area contributed by atoms with E-state index in [1.54, 1.807) is 18.2 Å². The molecule has 0 bridgehead atoms. The number of non-ortho nitro benzene ring substituents is 1. The maximum Gasteiger partial charge on any atom is 0.270 e. The zero-order valence-electron chi connectivity index (χ0n) is 10.8. The van der Waals surface area contributed by atoms with Crippen LogP contribution in [-0.4, -0.2) is 9.49 Å². The number of hydrogen-bond donors (Lipinski definition) is 0. The highest BCUT2D eigenvalue weighted by molar-refractivity contribution is 9.10. The van der Waals surface area contributed by atoms with Gasteiger partial charge in [-0.05, 0) is 29.8 Å². The molecule has 0 unspecified atom stereocenters. The zero-order chi connectivity index (χ0) is 15.0. The summed E-state index contributed by atoms with van der Waals surface area (Å²) in [6.07, 6.45) is 1.87. The highest BCUT2D eigenvalue weighted by Gasteiger charge is 2.10. The minimum Gasteiger partial charge on any atom is -0.343 e. The standard InChI is InChI=1S/C15H10BrFN2O2/c16-14-8-12(17)2-1-11(14)9-18-6-5-10-7-13(19(20)21)3-4-15(10)18/h1-8H,9H2. The van der Waals surface area contributed by atoms with Gasteiger partial charge in [-0.15, -0.1) is 0 Å². The second-order valence-electron chi connectivity index (χ2n) is 4.68. The summed E-state index contributed by atoms with van der Waals surface area (Å²) in [5.74, 6) is -0.293. The molecule has 4 nitrogen and oxygen atoms in total. The van der Waals surface area contributed by atoms with Crippen molar-refractivity contribution in [1.29, 1.82) is 0 Å². The van der Waals surface area contributed by atoms with Crippen LogP contribution in [0, 0.1) is 15.9 Å². The fraction of sp³-hybridized carbons (Fsp3) is 0.0667. The number of halogens is 2. The van der Waals surface area contributed by atoms with Gasteiger partial charge in [-0.2, -0.15) is 0 Å². The van der Waals surface area contributed by atoms with Crippen LogP contribution in [0.15, 0.2) is 53.1 Å². The van der Waals surface area contributed by atoms with Gasteiger partial charge in [0, 0.05) is 40.2 Å². The van der Waals surface area contributed by atoms with Gasteiger partial charge in [0.25, 0.3) is 5.69 Å². The van der Waals surface area contributed by atoms with E-state index in [1.165, 1.54) is 18.2 Å². The summed E-state index contributed by atoms with van der Waals surface area (Å²) in [7, 11) is 0. The number of nitro groups is 1. The van der Waals surface area contributed by atoms with Gasteiger partial charge in [-0.25, -0.2) is 4.39 Å². The smallest absolute Gasteiger partial charge is 0.270 e. The monoisotopic (exact) mass is 348 g/mol. The van der Waals surface area contributed by atoms with E-state index >= 15 is 0 Å². The molecule has 106 valence electrons. The maximum atomic E-state index is 13.1. The van der Waals surface area contributed by atoms with E-state index < -0.39 is 4.92 Å². The number of nitro benzene ring substituents is 1. The molecule has 3 aromatic rings. The molecule has 1 heterocycles. The normalized spacial score (nSPS) is 11.0. The van der Waals surface area contributed by atoms with E-state index in [1.807, 2.05) is 16.8 Å². The van der Waals surface area contributed by atoms with E-state index in [-0.39, 0.29) is 11.5 Å². The Kier molecular flexibility index (Phi) is 3.47. The third-order valence-electron chi connectivity index (χ3n) is 3.32. The number of nitrogens with zero attached hydrogens (tertiary/aromatic N) is 2. The first kappa shape index (κ1) is 13.8. The summed E-state index contributed by atoms with van der Waals surface area (Å²) in [4.78, 5) is 10.4. The van der Waals surface area contributed by atoms with Crippen molar-refractivity contribution in [1.82, 2.24) is 4.57 Å². The first-order valence-electron chi connectivity index (χ1n) is 6.22. The van der Waals surface area contributed by atoms with Gasteiger partial charge >= 0.3 is 0 Å². The topological polar surface area (TPSA) is 48.1 Å². The first-order chi connectivity index (χ1) is 10.0. The van der Waals surface area contributed by atoms with Crippen molar-refractivity contribution in [2.75, 3.05) is 0 Å². The fourth-order valence-corrected chi connectivity index (χ4v) is 2.75. The summed E-state index contributed by atoms with van der Waals surface area (Å²) in [6, 6.07) is 11.1. The predicted molar refractivity (Wildman–Crippen MR) is 81.8 cm³/mol. The second kappa shape index (κ2) is 5.29. The van der Waals surface area contributed by atoms with Gasteiger partial charge in [0.2, 0.25) is 0 Å². The van der Waals surface area contributed by atoms with Gasteiger partial charge in [0.15, 0.2) is 0 Å². The van der Waals surface area contributed by atoms with Crippen LogP contribution in [0.4, 0.5) is 10.1 Å². The van der Waals surface area contributed by atoms with Crippen LogP contribution in [-0.2, 0) is 6.54 Å². The van der Waals surface area contributed by atoms with E-state index in [0.717, 1.165) is 16.5 Å². The number of hydrogen-bond acceptors (Lipinski definition) is 2. The molecule has 6 heteroatoms. The Hall–Kier alpha value is -2.21. The second-order valence-corrected chi connectivity index (χ2v) is 5.53. The van der Waals surface area contributed by atoms with Gasteiger partial charge < -0.3 is 4.57 Å². The van der Waals surface area contributed by atoms with Crippen LogP contribution in [0.3, 0.4) is 0 Å². The van der Waals surface area contributed by atoms with Crippen LogP contribution >= 0.6 is 15.9 Å². The van der Waals surface area contributed by atoms with E-state index in [4.69, 9.17) is 0 Å². The molecule has 0 aliphatic heterocycles. The summed E-state index contributed by atoms with van der Waals surface area (Å²) >= 11 is 3.34. The van der Waals surface area contributed by atoms with Crippen LogP contribution in [0.1, 0.15) is 5.56 Å². The Morgan fingerprint density at radius 3 is 2.71 bits per heavy atom. The molecule has 0 saturated carbocycles. The lowest BCUT2D eigenvalue weighted by molar-refractivity contribution is -0.384. The lowest BCUT2D eigenvalue weighted by atomic mass is 10.2. The lowest BCUT2D eigenvalue weighted by Gasteiger charge is -2.08. The van der Waals surface area contributed by atoms with Crippen LogP contribution < -0.4 is 0 Å². The van der Waals surface area contributed by atoms with Crippen LogP contribution in [0.2, 0.25) is 0 Å². The van der Waals surface area contributed by atoms with E-state index in [0.29, 0.717) is 11.0 Å². The largest absolute Gasteiger partial charge is 0.343 e. The molecule has 0 amide bonds. The Morgan fingerprint density at radius 2 is 2.00 bits per heavy atom. The molecule has 0 aliphatic carbocycles. The lowest BCUT2D eigenvalue weighted by Crippen LogP contribution is -1.99. The van der Waals surface area contributed by atoms with Crippen molar-refractivity contribution in [3.05, 3.63) is 74.6 Å². The average Bonchev–Trinajstić information content (AvgIpc) is 2.84. The van der Waals surface area contributed by atoms with E-state index in [2.05, 4.69) is 15.9 Å². The Morgan fingerprint density at radius 1 is 1.19 bits per heavy atom. The Labute approximate surface area is 128 Å². The molecule has 3 rings (SSSR count). The minimum absolute atomic E-state index is 0.0724. The predicted octanol–water partition coefficient (Wildman–Crippen LogP) is 4.50. The van der Waals surface area contributed by atoms with Crippen molar-refractivity contribution >= 4 is 32.5 Å². The molecule has 0 N–H and O–H groups in total. The molecule has 0 atom stereocenters. The van der Waals surface area contributed by atoms with Gasteiger partial charge in [0.1, 0.15) is 5.82 Å². The third-order valence-corrected chi connectivity index (χ3v) is 4.06. The average molecular weight is 349 g/mol.